The molecule has 0 spiro atoms. The summed E-state index contributed by atoms with van der Waals surface area (Å²) in [6.07, 6.45) is 2.31. The van der Waals surface area contributed by atoms with E-state index >= 15 is 0 Å². The minimum atomic E-state index is 0.105. The molecule has 1 N–H and O–H groups in total. The Morgan fingerprint density at radius 1 is 1.47 bits per heavy atom. The van der Waals surface area contributed by atoms with E-state index in [0.29, 0.717) is 23.9 Å². The van der Waals surface area contributed by atoms with Crippen LogP contribution in [0.4, 0.5) is 0 Å². The fourth-order valence-corrected chi connectivity index (χ4v) is 1.79. The van der Waals surface area contributed by atoms with Crippen molar-refractivity contribution in [2.75, 3.05) is 19.7 Å². The first-order valence-corrected chi connectivity index (χ1v) is 5.60. The Hall–Kier alpha value is -1.66. The van der Waals surface area contributed by atoms with Gasteiger partial charge in [-0.25, -0.2) is 0 Å². The Kier molecular flexibility index (Phi) is 2.89. The highest BCUT2D eigenvalue weighted by Gasteiger charge is 2.18. The molecule has 3 heterocycles. The molecule has 17 heavy (non-hydrogen) atoms. The monoisotopic (exact) mass is 235 g/mol. The molecule has 1 atom stereocenters. The number of hydrogen-bond donors (Lipinski definition) is 1. The van der Waals surface area contributed by atoms with Crippen LogP contribution in [0.2, 0.25) is 0 Å². The fraction of sp³-hybridized carbons (Fsp3) is 0.455. The average molecular weight is 235 g/mol. The van der Waals surface area contributed by atoms with Gasteiger partial charge in [-0.2, -0.15) is 4.98 Å². The van der Waals surface area contributed by atoms with E-state index in [2.05, 4.69) is 15.5 Å². The molecule has 90 valence electrons. The zero-order chi connectivity index (χ0) is 11.5. The van der Waals surface area contributed by atoms with Crippen LogP contribution in [-0.4, -0.2) is 35.9 Å². The molecule has 0 aliphatic carbocycles. The number of hydrogen-bond acceptors (Lipinski definition) is 6. The molecule has 1 saturated heterocycles. The Bertz CT molecular complexity index is 460. The highest BCUT2D eigenvalue weighted by Crippen LogP contribution is 2.16. The standard InChI is InChI=1S/C11H13N3O3/c1-2-9(16-4-1)11-13-10(17-14-11)6-8-7-12-3-5-15-8/h1-2,4,8,12H,3,5-7H2. The number of furan rings is 1. The summed E-state index contributed by atoms with van der Waals surface area (Å²) < 4.78 is 15.9. The first-order chi connectivity index (χ1) is 8.42. The summed E-state index contributed by atoms with van der Waals surface area (Å²) in [7, 11) is 0. The van der Waals surface area contributed by atoms with Gasteiger partial charge in [0.05, 0.1) is 25.4 Å². The van der Waals surface area contributed by atoms with Gasteiger partial charge in [-0.05, 0) is 12.1 Å². The molecule has 0 aromatic carbocycles. The molecule has 0 radical (unpaired) electrons. The van der Waals surface area contributed by atoms with E-state index in [1.165, 1.54) is 0 Å². The molecule has 0 bridgehead atoms. The van der Waals surface area contributed by atoms with E-state index in [1.54, 1.807) is 18.4 Å². The summed E-state index contributed by atoms with van der Waals surface area (Å²) in [6.45, 7) is 2.44. The minimum Gasteiger partial charge on any atom is -0.461 e. The summed E-state index contributed by atoms with van der Waals surface area (Å²) >= 11 is 0. The fourth-order valence-electron chi connectivity index (χ4n) is 1.79. The van der Waals surface area contributed by atoms with Crippen molar-refractivity contribution >= 4 is 0 Å². The molecule has 3 rings (SSSR count). The molecule has 6 heteroatoms. The second kappa shape index (κ2) is 4.68. The molecular formula is C11H13N3O3. The van der Waals surface area contributed by atoms with E-state index in [1.807, 2.05) is 0 Å². The zero-order valence-corrected chi connectivity index (χ0v) is 9.26. The van der Waals surface area contributed by atoms with E-state index in [0.717, 1.165) is 19.7 Å². The molecule has 1 fully saturated rings. The van der Waals surface area contributed by atoms with Crippen molar-refractivity contribution in [3.63, 3.8) is 0 Å². The zero-order valence-electron chi connectivity index (χ0n) is 9.26. The largest absolute Gasteiger partial charge is 0.461 e. The molecular weight excluding hydrogens is 222 g/mol. The van der Waals surface area contributed by atoms with E-state index in [9.17, 15) is 0 Å². The van der Waals surface area contributed by atoms with Crippen molar-refractivity contribution in [1.82, 2.24) is 15.5 Å². The second-order valence-electron chi connectivity index (χ2n) is 3.89. The summed E-state index contributed by atoms with van der Waals surface area (Å²) in [5.41, 5.74) is 0. The molecule has 1 unspecified atom stereocenters. The summed E-state index contributed by atoms with van der Waals surface area (Å²) in [5, 5.41) is 7.12. The topological polar surface area (TPSA) is 73.3 Å². The van der Waals surface area contributed by atoms with Crippen molar-refractivity contribution in [3.05, 3.63) is 24.3 Å². The lowest BCUT2D eigenvalue weighted by Gasteiger charge is -2.21. The van der Waals surface area contributed by atoms with Gasteiger partial charge in [-0.1, -0.05) is 5.16 Å². The van der Waals surface area contributed by atoms with E-state index < -0.39 is 0 Å². The average Bonchev–Trinajstić information content (AvgIpc) is 3.00. The molecule has 0 amide bonds. The van der Waals surface area contributed by atoms with Crippen LogP contribution in [0.3, 0.4) is 0 Å². The van der Waals surface area contributed by atoms with Gasteiger partial charge in [0.2, 0.25) is 11.7 Å². The summed E-state index contributed by atoms with van der Waals surface area (Å²) in [5.74, 6) is 1.67. The van der Waals surface area contributed by atoms with Gasteiger partial charge < -0.3 is 19.0 Å². The van der Waals surface area contributed by atoms with E-state index in [4.69, 9.17) is 13.7 Å². The van der Waals surface area contributed by atoms with Crippen LogP contribution in [-0.2, 0) is 11.2 Å². The Labute approximate surface area is 98.0 Å². The number of ether oxygens (including phenoxy) is 1. The van der Waals surface area contributed by atoms with E-state index in [-0.39, 0.29) is 6.10 Å². The maximum absolute atomic E-state index is 5.57. The molecule has 6 nitrogen and oxygen atoms in total. The lowest BCUT2D eigenvalue weighted by molar-refractivity contribution is 0.0246. The summed E-state index contributed by atoms with van der Waals surface area (Å²) in [4.78, 5) is 4.27. The first kappa shape index (κ1) is 10.5. The Morgan fingerprint density at radius 3 is 3.24 bits per heavy atom. The maximum Gasteiger partial charge on any atom is 0.238 e. The first-order valence-electron chi connectivity index (χ1n) is 5.60. The normalized spacial score (nSPS) is 20.6. The van der Waals surface area contributed by atoms with Gasteiger partial charge in [0.15, 0.2) is 5.76 Å². The number of rotatable bonds is 3. The van der Waals surface area contributed by atoms with Crippen LogP contribution < -0.4 is 5.32 Å². The van der Waals surface area contributed by atoms with Crippen LogP contribution in [0, 0.1) is 0 Å². The molecule has 2 aromatic heterocycles. The maximum atomic E-state index is 5.57. The predicted molar refractivity (Wildman–Crippen MR) is 58.3 cm³/mol. The Morgan fingerprint density at radius 2 is 2.47 bits per heavy atom. The van der Waals surface area contributed by atoms with Crippen molar-refractivity contribution in [1.29, 1.82) is 0 Å². The van der Waals surface area contributed by atoms with Gasteiger partial charge in [0.25, 0.3) is 0 Å². The Balaban J connectivity index is 1.68. The lowest BCUT2D eigenvalue weighted by atomic mass is 10.2. The van der Waals surface area contributed by atoms with Crippen molar-refractivity contribution < 1.29 is 13.7 Å². The number of nitrogens with one attached hydrogen (secondary N) is 1. The smallest absolute Gasteiger partial charge is 0.238 e. The molecule has 1 aliphatic rings. The third-order valence-corrected chi connectivity index (χ3v) is 2.62. The van der Waals surface area contributed by atoms with Gasteiger partial charge in [-0.3, -0.25) is 0 Å². The SMILES string of the molecule is c1coc(-c2noc(CC3CNCCO3)n2)c1. The molecule has 0 saturated carbocycles. The van der Waals surface area contributed by atoms with Crippen molar-refractivity contribution in [3.8, 4) is 11.6 Å². The third-order valence-electron chi connectivity index (χ3n) is 2.62. The minimum absolute atomic E-state index is 0.105. The van der Waals surface area contributed by atoms with Crippen LogP contribution in [0.5, 0.6) is 0 Å². The predicted octanol–water partition coefficient (Wildman–Crippen LogP) is 0.860. The second-order valence-corrected chi connectivity index (χ2v) is 3.89. The number of nitrogens with zero attached hydrogens (tertiary/aromatic N) is 2. The molecule has 2 aromatic rings. The lowest BCUT2D eigenvalue weighted by Crippen LogP contribution is -2.39. The quantitative estimate of drug-likeness (QED) is 0.850. The summed E-state index contributed by atoms with van der Waals surface area (Å²) in [6, 6.07) is 3.59. The van der Waals surface area contributed by atoms with Gasteiger partial charge >= 0.3 is 0 Å². The van der Waals surface area contributed by atoms with Crippen LogP contribution >= 0.6 is 0 Å². The molecule has 1 aliphatic heterocycles. The van der Waals surface area contributed by atoms with Gasteiger partial charge in [0.1, 0.15) is 0 Å². The van der Waals surface area contributed by atoms with Gasteiger partial charge in [-0.15, -0.1) is 0 Å². The van der Waals surface area contributed by atoms with Crippen LogP contribution in [0.1, 0.15) is 5.89 Å². The third kappa shape index (κ3) is 2.37. The van der Waals surface area contributed by atoms with Crippen molar-refractivity contribution in [2.45, 2.75) is 12.5 Å². The van der Waals surface area contributed by atoms with Crippen molar-refractivity contribution in [2.24, 2.45) is 0 Å². The number of aromatic nitrogens is 2. The van der Waals surface area contributed by atoms with Crippen LogP contribution in [0.15, 0.2) is 27.3 Å². The van der Waals surface area contributed by atoms with Crippen LogP contribution in [0.25, 0.3) is 11.6 Å². The highest BCUT2D eigenvalue weighted by molar-refractivity contribution is 5.44. The number of morpholine rings is 1. The highest BCUT2D eigenvalue weighted by atomic mass is 16.5. The van der Waals surface area contributed by atoms with Gasteiger partial charge in [0, 0.05) is 13.1 Å².